The Labute approximate surface area is 170 Å². The maximum atomic E-state index is 13.1. The second-order valence-electron chi connectivity index (χ2n) is 8.03. The van der Waals surface area contributed by atoms with Gasteiger partial charge in [0.2, 0.25) is 0 Å². The highest BCUT2D eigenvalue weighted by molar-refractivity contribution is 5.90. The fourth-order valence-electron chi connectivity index (χ4n) is 4.79. The van der Waals surface area contributed by atoms with E-state index >= 15 is 0 Å². The highest BCUT2D eigenvalue weighted by Crippen LogP contribution is 2.62. The van der Waals surface area contributed by atoms with E-state index in [0.717, 1.165) is 22.3 Å². The average Bonchev–Trinajstić information content (AvgIpc) is 3.27. The molecule has 2 N–H and O–H groups in total. The molecule has 0 radical (unpaired) electrons. The molecule has 0 aliphatic heterocycles. The number of rotatable bonds is 7. The van der Waals surface area contributed by atoms with Crippen molar-refractivity contribution in [2.24, 2.45) is 17.8 Å². The Morgan fingerprint density at radius 1 is 1.24 bits per heavy atom. The van der Waals surface area contributed by atoms with Crippen molar-refractivity contribution in [3.05, 3.63) is 47.0 Å². The van der Waals surface area contributed by atoms with E-state index in [9.17, 15) is 19.5 Å². The minimum Gasteiger partial charge on any atom is -0.481 e. The Balaban J connectivity index is 1.80. The molecule has 7 heteroatoms. The molecule has 0 bridgehead atoms. The molecule has 2 saturated carbocycles. The quantitative estimate of drug-likeness (QED) is 0.538. The summed E-state index contributed by atoms with van der Waals surface area (Å²) < 4.78 is 10.6. The van der Waals surface area contributed by atoms with Crippen LogP contribution in [0, 0.1) is 38.5 Å². The third-order valence-corrected chi connectivity index (χ3v) is 6.10. The van der Waals surface area contributed by atoms with Crippen LogP contribution in [-0.2, 0) is 25.7 Å². The summed E-state index contributed by atoms with van der Waals surface area (Å²) in [5.74, 6) is -2.84. The van der Waals surface area contributed by atoms with Gasteiger partial charge in [-0.1, -0.05) is 30.4 Å². The number of carboxylic acid groups (broad SMARTS) is 1. The van der Waals surface area contributed by atoms with Crippen molar-refractivity contribution in [3.63, 3.8) is 0 Å². The molecule has 0 heterocycles. The summed E-state index contributed by atoms with van der Waals surface area (Å²) in [4.78, 5) is 36.9. The van der Waals surface area contributed by atoms with E-state index < -0.39 is 35.4 Å². The van der Waals surface area contributed by atoms with Crippen LogP contribution in [0.3, 0.4) is 0 Å². The Morgan fingerprint density at radius 3 is 2.45 bits per heavy atom. The number of aliphatic carboxylic acids is 1. The molecule has 2 aliphatic rings. The number of carboxylic acids is 1. The highest BCUT2D eigenvalue weighted by atomic mass is 16.6. The third-order valence-electron chi connectivity index (χ3n) is 6.10. The maximum absolute atomic E-state index is 13.1. The molecule has 4 unspecified atom stereocenters. The van der Waals surface area contributed by atoms with Gasteiger partial charge in [0, 0.05) is 5.92 Å². The fraction of sp³-hybridized carbons (Fsp3) is 0.500. The molecule has 156 valence electrons. The monoisotopic (exact) mass is 401 g/mol. The van der Waals surface area contributed by atoms with E-state index in [1.54, 1.807) is 0 Å². The topological polar surface area (TPSA) is 102 Å². The summed E-state index contributed by atoms with van der Waals surface area (Å²) >= 11 is 0. The zero-order valence-corrected chi connectivity index (χ0v) is 17.0. The number of ether oxygens (including phenoxy) is 2. The number of benzene rings is 1. The number of alkyl carbamates (subject to hydrolysis) is 1. The van der Waals surface area contributed by atoms with Crippen molar-refractivity contribution < 1.29 is 29.0 Å². The van der Waals surface area contributed by atoms with Crippen molar-refractivity contribution in [2.45, 2.75) is 45.8 Å². The van der Waals surface area contributed by atoms with Gasteiger partial charge in [0.1, 0.15) is 18.8 Å². The van der Waals surface area contributed by atoms with Crippen LogP contribution in [0.1, 0.15) is 35.1 Å². The van der Waals surface area contributed by atoms with Gasteiger partial charge in [-0.3, -0.25) is 4.79 Å². The molecular formula is C22H27NO6. The van der Waals surface area contributed by atoms with Crippen molar-refractivity contribution in [1.82, 2.24) is 5.32 Å². The standard InChI is InChI=1S/C22H27NO6/c1-5-8-28-21(27)23-22(7-6-15-17(18(15)22)19(24)25)20(26)29-11-16-13(3)9-12(2)10-14(16)4/h5,9-10,15,17-18H,1,6-8,11H2,2-4H3,(H,23,27)(H,24,25). The first-order valence-electron chi connectivity index (χ1n) is 9.74. The van der Waals surface area contributed by atoms with E-state index in [0.29, 0.717) is 12.8 Å². The molecule has 1 amide bonds. The summed E-state index contributed by atoms with van der Waals surface area (Å²) in [7, 11) is 0. The van der Waals surface area contributed by atoms with Gasteiger partial charge in [-0.15, -0.1) is 0 Å². The van der Waals surface area contributed by atoms with E-state index in [2.05, 4.69) is 11.9 Å². The van der Waals surface area contributed by atoms with Crippen molar-refractivity contribution >= 4 is 18.0 Å². The van der Waals surface area contributed by atoms with E-state index in [-0.39, 0.29) is 19.1 Å². The molecule has 7 nitrogen and oxygen atoms in total. The minimum atomic E-state index is -1.38. The number of carbonyl (C=O) groups is 3. The lowest BCUT2D eigenvalue weighted by Gasteiger charge is -2.30. The number of esters is 1. The van der Waals surface area contributed by atoms with Crippen LogP contribution in [-0.4, -0.2) is 35.3 Å². The van der Waals surface area contributed by atoms with Gasteiger partial charge in [0.25, 0.3) is 0 Å². The first-order chi connectivity index (χ1) is 13.7. The lowest BCUT2D eigenvalue weighted by Crippen LogP contribution is -2.56. The van der Waals surface area contributed by atoms with Crippen LogP contribution in [0.4, 0.5) is 4.79 Å². The number of hydrogen-bond donors (Lipinski definition) is 2. The van der Waals surface area contributed by atoms with Gasteiger partial charge >= 0.3 is 18.0 Å². The molecule has 0 aromatic heterocycles. The molecular weight excluding hydrogens is 374 g/mol. The normalized spacial score (nSPS) is 26.9. The van der Waals surface area contributed by atoms with Gasteiger partial charge in [-0.05, 0) is 56.2 Å². The average molecular weight is 401 g/mol. The van der Waals surface area contributed by atoms with Gasteiger partial charge in [0.05, 0.1) is 5.92 Å². The summed E-state index contributed by atoms with van der Waals surface area (Å²) in [5, 5.41) is 12.1. The van der Waals surface area contributed by atoms with E-state index in [4.69, 9.17) is 9.47 Å². The zero-order chi connectivity index (χ0) is 21.3. The summed E-state index contributed by atoms with van der Waals surface area (Å²) in [6.07, 6.45) is 1.52. The lowest BCUT2D eigenvalue weighted by atomic mass is 9.90. The summed E-state index contributed by atoms with van der Waals surface area (Å²) in [6, 6.07) is 4.04. The predicted octanol–water partition coefficient (Wildman–Crippen LogP) is 3.05. The smallest absolute Gasteiger partial charge is 0.408 e. The van der Waals surface area contributed by atoms with Crippen LogP contribution in [0.5, 0.6) is 0 Å². The lowest BCUT2D eigenvalue weighted by molar-refractivity contribution is -0.154. The molecule has 1 aromatic rings. The van der Waals surface area contributed by atoms with Gasteiger partial charge in [0.15, 0.2) is 0 Å². The number of fused-ring (bicyclic) bond motifs is 1. The Kier molecular flexibility index (Phi) is 5.68. The van der Waals surface area contributed by atoms with E-state index in [1.165, 1.54) is 6.08 Å². The second-order valence-corrected chi connectivity index (χ2v) is 8.03. The molecule has 3 rings (SSSR count). The molecule has 2 aliphatic carbocycles. The number of nitrogens with one attached hydrogen (secondary N) is 1. The first kappa shape index (κ1) is 20.9. The largest absolute Gasteiger partial charge is 0.481 e. The van der Waals surface area contributed by atoms with Crippen LogP contribution in [0.15, 0.2) is 24.8 Å². The Bertz CT molecular complexity index is 840. The van der Waals surface area contributed by atoms with Gasteiger partial charge < -0.3 is 19.9 Å². The fourth-order valence-corrected chi connectivity index (χ4v) is 4.79. The minimum absolute atomic E-state index is 0.00479. The number of hydrogen-bond acceptors (Lipinski definition) is 5. The summed E-state index contributed by atoms with van der Waals surface area (Å²) in [6.45, 7) is 9.46. The maximum Gasteiger partial charge on any atom is 0.408 e. The zero-order valence-electron chi connectivity index (χ0n) is 17.0. The van der Waals surface area contributed by atoms with Crippen molar-refractivity contribution in [3.8, 4) is 0 Å². The highest BCUT2D eigenvalue weighted by Gasteiger charge is 2.72. The molecule has 0 spiro atoms. The van der Waals surface area contributed by atoms with Gasteiger partial charge in [-0.25, -0.2) is 9.59 Å². The van der Waals surface area contributed by atoms with Crippen LogP contribution < -0.4 is 5.32 Å². The number of amides is 1. The van der Waals surface area contributed by atoms with Crippen molar-refractivity contribution in [2.75, 3.05) is 6.61 Å². The first-order valence-corrected chi connectivity index (χ1v) is 9.74. The molecule has 0 saturated heterocycles. The predicted molar refractivity (Wildman–Crippen MR) is 105 cm³/mol. The number of carbonyl (C=O) groups excluding carboxylic acids is 2. The van der Waals surface area contributed by atoms with Gasteiger partial charge in [-0.2, -0.15) is 0 Å². The second kappa shape index (κ2) is 7.89. The molecule has 4 atom stereocenters. The van der Waals surface area contributed by atoms with Crippen molar-refractivity contribution in [1.29, 1.82) is 0 Å². The van der Waals surface area contributed by atoms with Crippen LogP contribution >= 0.6 is 0 Å². The molecule has 2 fully saturated rings. The van der Waals surface area contributed by atoms with Crippen LogP contribution in [0.25, 0.3) is 0 Å². The Hall–Kier alpha value is -2.83. The molecule has 1 aromatic carbocycles. The summed E-state index contributed by atoms with van der Waals surface area (Å²) in [5.41, 5.74) is 2.69. The SMILES string of the molecule is C=CCOC(=O)NC1(C(=O)OCc2c(C)cc(C)cc2C)CCC2C(C(=O)O)C21. The Morgan fingerprint density at radius 2 is 1.90 bits per heavy atom. The number of aryl methyl sites for hydroxylation is 3. The van der Waals surface area contributed by atoms with Crippen LogP contribution in [0.2, 0.25) is 0 Å². The van der Waals surface area contributed by atoms with E-state index in [1.807, 2.05) is 32.9 Å². The molecule has 29 heavy (non-hydrogen) atoms. The third kappa shape index (κ3) is 3.86.